The van der Waals surface area contributed by atoms with Crippen LogP contribution in [0.3, 0.4) is 0 Å². The third kappa shape index (κ3) is 6.22. The van der Waals surface area contributed by atoms with Gasteiger partial charge in [0.25, 0.3) is 0 Å². The second-order valence-corrected chi connectivity index (χ2v) is 9.14. The molecule has 0 amide bonds. The average Bonchev–Trinajstić information content (AvgIpc) is 2.95. The predicted molar refractivity (Wildman–Crippen MR) is 152 cm³/mol. The molecular weight excluding hydrogens is 436 g/mol. The lowest BCUT2D eigenvalue weighted by Crippen LogP contribution is -2.28. The van der Waals surface area contributed by atoms with Crippen LogP contribution in [-0.4, -0.2) is 0 Å². The smallest absolute Gasteiger partial charge is 0.0610 e. The zero-order valence-electron chi connectivity index (χ0n) is 20.6. The molecule has 0 atom stereocenters. The first kappa shape index (κ1) is 23.4. The van der Waals surface area contributed by atoms with Gasteiger partial charge in [0.1, 0.15) is 0 Å². The van der Waals surface area contributed by atoms with Crippen molar-refractivity contribution in [2.75, 3.05) is 9.80 Å². The van der Waals surface area contributed by atoms with Crippen LogP contribution < -0.4 is 9.80 Å². The van der Waals surface area contributed by atoms with Gasteiger partial charge < -0.3 is 9.80 Å². The van der Waals surface area contributed by atoms with Gasteiger partial charge in [-0.3, -0.25) is 0 Å². The van der Waals surface area contributed by atoms with Crippen molar-refractivity contribution >= 4 is 11.4 Å². The van der Waals surface area contributed by atoms with E-state index in [1.54, 1.807) is 0 Å². The van der Waals surface area contributed by atoms with Crippen LogP contribution >= 0.6 is 0 Å². The lowest BCUT2D eigenvalue weighted by atomic mass is 10.1. The molecule has 0 N–H and O–H groups in total. The molecule has 5 aromatic rings. The van der Waals surface area contributed by atoms with Crippen LogP contribution in [0.15, 0.2) is 146 Å². The van der Waals surface area contributed by atoms with E-state index < -0.39 is 0 Å². The Hall–Kier alpha value is -4.30. The minimum atomic E-state index is 0.845. The van der Waals surface area contributed by atoms with Gasteiger partial charge >= 0.3 is 0 Å². The van der Waals surface area contributed by atoms with Gasteiger partial charge in [0.15, 0.2) is 0 Å². The Morgan fingerprint density at radius 2 is 0.500 bits per heavy atom. The second kappa shape index (κ2) is 11.9. The standard InChI is InChI=1S/C34H32N2/c1-5-15-29(16-6-1)25-35(26-30-17-7-2-8-18-30)33-23-13-14-24-34(33)36(27-31-19-9-3-10-20-31)28-32-21-11-4-12-22-32/h1-24H,25-28H2. The average molecular weight is 469 g/mol. The van der Waals surface area contributed by atoms with E-state index in [0.29, 0.717) is 0 Å². The molecule has 0 saturated heterocycles. The molecule has 0 radical (unpaired) electrons. The van der Waals surface area contributed by atoms with E-state index >= 15 is 0 Å². The van der Waals surface area contributed by atoms with Crippen LogP contribution in [0.5, 0.6) is 0 Å². The van der Waals surface area contributed by atoms with E-state index in [0.717, 1.165) is 26.2 Å². The highest BCUT2D eigenvalue weighted by molar-refractivity contribution is 5.71. The quantitative estimate of drug-likeness (QED) is 0.204. The van der Waals surface area contributed by atoms with Gasteiger partial charge in [0, 0.05) is 26.2 Å². The fourth-order valence-corrected chi connectivity index (χ4v) is 4.67. The highest BCUT2D eigenvalue weighted by Gasteiger charge is 2.18. The Labute approximate surface area is 215 Å². The molecule has 0 unspecified atom stereocenters. The first-order valence-electron chi connectivity index (χ1n) is 12.6. The van der Waals surface area contributed by atoms with Crippen molar-refractivity contribution in [2.24, 2.45) is 0 Å². The van der Waals surface area contributed by atoms with Gasteiger partial charge in [0.2, 0.25) is 0 Å². The van der Waals surface area contributed by atoms with Crippen molar-refractivity contribution in [1.29, 1.82) is 0 Å². The Morgan fingerprint density at radius 1 is 0.278 bits per heavy atom. The Bertz CT molecular complexity index is 1130. The zero-order valence-corrected chi connectivity index (χ0v) is 20.6. The van der Waals surface area contributed by atoms with E-state index in [4.69, 9.17) is 0 Å². The van der Waals surface area contributed by atoms with Gasteiger partial charge in [-0.05, 0) is 34.4 Å². The number of para-hydroxylation sites is 2. The topological polar surface area (TPSA) is 6.48 Å². The minimum Gasteiger partial charge on any atom is -0.361 e. The maximum absolute atomic E-state index is 2.50. The van der Waals surface area contributed by atoms with E-state index in [-0.39, 0.29) is 0 Å². The van der Waals surface area contributed by atoms with Crippen molar-refractivity contribution in [2.45, 2.75) is 26.2 Å². The van der Waals surface area contributed by atoms with Crippen molar-refractivity contribution in [3.63, 3.8) is 0 Å². The minimum absolute atomic E-state index is 0.845. The van der Waals surface area contributed by atoms with Gasteiger partial charge in [0.05, 0.1) is 11.4 Å². The summed E-state index contributed by atoms with van der Waals surface area (Å²) in [7, 11) is 0. The summed E-state index contributed by atoms with van der Waals surface area (Å²) in [5.41, 5.74) is 7.72. The number of anilines is 2. The van der Waals surface area contributed by atoms with Crippen molar-refractivity contribution < 1.29 is 0 Å². The number of nitrogens with zero attached hydrogens (tertiary/aromatic N) is 2. The molecule has 0 spiro atoms. The molecule has 0 bridgehead atoms. The molecular formula is C34H32N2. The zero-order chi connectivity index (χ0) is 24.4. The summed E-state index contributed by atoms with van der Waals surface area (Å²) >= 11 is 0. The lowest BCUT2D eigenvalue weighted by Gasteiger charge is -2.33. The van der Waals surface area contributed by atoms with Crippen LogP contribution in [0.1, 0.15) is 22.3 Å². The van der Waals surface area contributed by atoms with Crippen molar-refractivity contribution in [3.05, 3.63) is 168 Å². The van der Waals surface area contributed by atoms with Crippen LogP contribution in [0.4, 0.5) is 11.4 Å². The molecule has 0 aliphatic carbocycles. The van der Waals surface area contributed by atoms with E-state index in [1.807, 2.05) is 0 Å². The van der Waals surface area contributed by atoms with Gasteiger partial charge in [-0.15, -0.1) is 0 Å². The third-order valence-corrected chi connectivity index (χ3v) is 6.43. The predicted octanol–water partition coefficient (Wildman–Crippen LogP) is 8.10. The van der Waals surface area contributed by atoms with Crippen LogP contribution in [0.2, 0.25) is 0 Å². The van der Waals surface area contributed by atoms with E-state index in [9.17, 15) is 0 Å². The maximum atomic E-state index is 2.50. The molecule has 0 aliphatic heterocycles. The molecule has 2 heteroatoms. The molecule has 0 aliphatic rings. The molecule has 5 rings (SSSR count). The van der Waals surface area contributed by atoms with Gasteiger partial charge in [-0.1, -0.05) is 133 Å². The highest BCUT2D eigenvalue weighted by Crippen LogP contribution is 2.34. The van der Waals surface area contributed by atoms with Crippen LogP contribution in [-0.2, 0) is 26.2 Å². The number of hydrogen-bond donors (Lipinski definition) is 0. The molecule has 36 heavy (non-hydrogen) atoms. The summed E-state index contributed by atoms with van der Waals surface area (Å²) in [6.07, 6.45) is 0. The summed E-state index contributed by atoms with van der Waals surface area (Å²) < 4.78 is 0. The maximum Gasteiger partial charge on any atom is 0.0610 e. The summed E-state index contributed by atoms with van der Waals surface area (Å²) in [6, 6.07) is 51.9. The first-order chi connectivity index (χ1) is 17.8. The van der Waals surface area contributed by atoms with Gasteiger partial charge in [-0.25, -0.2) is 0 Å². The van der Waals surface area contributed by atoms with Crippen molar-refractivity contribution in [3.8, 4) is 0 Å². The fraction of sp³-hybridized carbons (Fsp3) is 0.118. The van der Waals surface area contributed by atoms with Crippen LogP contribution in [0, 0.1) is 0 Å². The third-order valence-electron chi connectivity index (χ3n) is 6.43. The fourth-order valence-electron chi connectivity index (χ4n) is 4.67. The van der Waals surface area contributed by atoms with Crippen molar-refractivity contribution in [1.82, 2.24) is 0 Å². The normalized spacial score (nSPS) is 10.7. The van der Waals surface area contributed by atoms with E-state index in [1.165, 1.54) is 33.6 Å². The number of benzene rings is 5. The molecule has 0 saturated carbocycles. The van der Waals surface area contributed by atoms with Gasteiger partial charge in [-0.2, -0.15) is 0 Å². The summed E-state index contributed by atoms with van der Waals surface area (Å²) in [4.78, 5) is 5.01. The number of rotatable bonds is 10. The molecule has 0 fully saturated rings. The number of hydrogen-bond acceptors (Lipinski definition) is 2. The first-order valence-corrected chi connectivity index (χ1v) is 12.6. The van der Waals surface area contributed by atoms with E-state index in [2.05, 4.69) is 155 Å². The molecule has 178 valence electrons. The lowest BCUT2D eigenvalue weighted by molar-refractivity contribution is 0.769. The molecule has 5 aromatic carbocycles. The largest absolute Gasteiger partial charge is 0.361 e. The Kier molecular flexibility index (Phi) is 7.75. The van der Waals surface area contributed by atoms with Crippen LogP contribution in [0.25, 0.3) is 0 Å². The monoisotopic (exact) mass is 468 g/mol. The Balaban J connectivity index is 1.54. The highest BCUT2D eigenvalue weighted by atomic mass is 15.2. The molecule has 0 aromatic heterocycles. The summed E-state index contributed by atoms with van der Waals surface area (Å²) in [5.74, 6) is 0. The second-order valence-electron chi connectivity index (χ2n) is 9.14. The molecule has 2 nitrogen and oxygen atoms in total. The SMILES string of the molecule is c1ccc(CN(Cc2ccccc2)c2ccccc2N(Cc2ccccc2)Cc2ccccc2)cc1. The Morgan fingerprint density at radius 3 is 0.750 bits per heavy atom. The molecule has 0 heterocycles. The summed E-state index contributed by atoms with van der Waals surface area (Å²) in [5, 5.41) is 0. The summed E-state index contributed by atoms with van der Waals surface area (Å²) in [6.45, 7) is 3.38.